The molecule has 0 spiro atoms. The van der Waals surface area contributed by atoms with Crippen molar-refractivity contribution in [1.29, 1.82) is 0 Å². The molecular formula is C11H17N5O. The molecule has 0 amide bonds. The SMILES string of the molecule is Nc1cc(NN2CCOCC2)nc(C2CC2)n1. The number of hydrazine groups is 1. The molecule has 1 aromatic rings. The van der Waals surface area contributed by atoms with Gasteiger partial charge in [-0.05, 0) is 12.8 Å². The van der Waals surface area contributed by atoms with Crippen molar-refractivity contribution < 1.29 is 4.74 Å². The second kappa shape index (κ2) is 4.46. The summed E-state index contributed by atoms with van der Waals surface area (Å²) in [5.74, 6) is 2.73. The van der Waals surface area contributed by atoms with E-state index in [0.717, 1.165) is 37.9 Å². The van der Waals surface area contributed by atoms with Gasteiger partial charge < -0.3 is 15.9 Å². The maximum absolute atomic E-state index is 5.80. The summed E-state index contributed by atoms with van der Waals surface area (Å²) < 4.78 is 5.29. The maximum Gasteiger partial charge on any atom is 0.146 e. The Morgan fingerprint density at radius 3 is 2.76 bits per heavy atom. The first-order valence-electron chi connectivity index (χ1n) is 6.05. The van der Waals surface area contributed by atoms with Crippen molar-refractivity contribution in [3.05, 3.63) is 11.9 Å². The number of nitrogens with one attached hydrogen (secondary N) is 1. The third-order valence-electron chi connectivity index (χ3n) is 2.99. The van der Waals surface area contributed by atoms with Gasteiger partial charge in [-0.3, -0.25) is 0 Å². The van der Waals surface area contributed by atoms with Gasteiger partial charge >= 0.3 is 0 Å². The van der Waals surface area contributed by atoms with Crippen LogP contribution in [0.1, 0.15) is 24.6 Å². The van der Waals surface area contributed by atoms with E-state index in [4.69, 9.17) is 10.5 Å². The Bertz CT molecular complexity index is 401. The van der Waals surface area contributed by atoms with Gasteiger partial charge in [0.2, 0.25) is 0 Å². The van der Waals surface area contributed by atoms with E-state index in [1.54, 1.807) is 6.07 Å². The molecule has 92 valence electrons. The molecule has 6 nitrogen and oxygen atoms in total. The molecule has 1 aromatic heterocycles. The van der Waals surface area contributed by atoms with Gasteiger partial charge in [-0.15, -0.1) is 0 Å². The molecule has 1 saturated carbocycles. The minimum absolute atomic E-state index is 0.517. The molecule has 2 heterocycles. The molecule has 3 rings (SSSR count). The molecule has 0 atom stereocenters. The number of morpholine rings is 1. The van der Waals surface area contributed by atoms with Crippen LogP contribution in [-0.2, 0) is 4.74 Å². The van der Waals surface area contributed by atoms with Crippen LogP contribution >= 0.6 is 0 Å². The van der Waals surface area contributed by atoms with Gasteiger partial charge in [0.25, 0.3) is 0 Å². The number of hydrogen-bond donors (Lipinski definition) is 2. The van der Waals surface area contributed by atoms with Gasteiger partial charge in [0, 0.05) is 25.1 Å². The summed E-state index contributed by atoms with van der Waals surface area (Å²) in [5.41, 5.74) is 9.06. The Hall–Kier alpha value is -1.40. The van der Waals surface area contributed by atoms with Crippen LogP contribution < -0.4 is 11.2 Å². The van der Waals surface area contributed by atoms with E-state index in [1.807, 2.05) is 0 Å². The monoisotopic (exact) mass is 235 g/mol. The number of ether oxygens (including phenoxy) is 1. The van der Waals surface area contributed by atoms with Gasteiger partial charge in [-0.2, -0.15) is 0 Å². The molecule has 6 heteroatoms. The topological polar surface area (TPSA) is 76.3 Å². The van der Waals surface area contributed by atoms with Crippen molar-refractivity contribution in [1.82, 2.24) is 15.0 Å². The fraction of sp³-hybridized carbons (Fsp3) is 0.636. The van der Waals surface area contributed by atoms with Crippen molar-refractivity contribution in [3.63, 3.8) is 0 Å². The zero-order valence-electron chi connectivity index (χ0n) is 9.72. The number of nitrogens with zero attached hydrogens (tertiary/aromatic N) is 3. The van der Waals surface area contributed by atoms with Crippen LogP contribution in [0.15, 0.2) is 6.07 Å². The standard InChI is InChI=1S/C11H17N5O/c12-9-7-10(14-11(13-9)8-1-2-8)15-16-3-5-17-6-4-16/h7-8H,1-6H2,(H3,12,13,14,15). The highest BCUT2D eigenvalue weighted by molar-refractivity contribution is 5.44. The minimum Gasteiger partial charge on any atom is -0.384 e. The van der Waals surface area contributed by atoms with Gasteiger partial charge in [0.1, 0.15) is 17.5 Å². The molecule has 0 bridgehead atoms. The van der Waals surface area contributed by atoms with Crippen molar-refractivity contribution in [2.75, 3.05) is 37.5 Å². The average Bonchev–Trinajstić information content (AvgIpc) is 3.13. The lowest BCUT2D eigenvalue weighted by Crippen LogP contribution is -2.40. The summed E-state index contributed by atoms with van der Waals surface area (Å²) in [7, 11) is 0. The molecule has 2 fully saturated rings. The molecule has 1 aliphatic carbocycles. The van der Waals surface area contributed by atoms with Crippen LogP contribution in [-0.4, -0.2) is 41.3 Å². The predicted molar refractivity (Wildman–Crippen MR) is 64.4 cm³/mol. The van der Waals surface area contributed by atoms with E-state index in [0.29, 0.717) is 11.7 Å². The smallest absolute Gasteiger partial charge is 0.146 e. The van der Waals surface area contributed by atoms with E-state index in [9.17, 15) is 0 Å². The van der Waals surface area contributed by atoms with E-state index in [1.165, 1.54) is 12.8 Å². The van der Waals surface area contributed by atoms with Crippen LogP contribution in [0.2, 0.25) is 0 Å². The molecule has 17 heavy (non-hydrogen) atoms. The Labute approximate surface area is 100 Å². The van der Waals surface area contributed by atoms with Crippen molar-refractivity contribution in [3.8, 4) is 0 Å². The van der Waals surface area contributed by atoms with Crippen LogP contribution in [0.4, 0.5) is 11.6 Å². The second-order valence-electron chi connectivity index (χ2n) is 4.52. The summed E-state index contributed by atoms with van der Waals surface area (Å²) in [4.78, 5) is 8.78. The summed E-state index contributed by atoms with van der Waals surface area (Å²) in [5, 5.41) is 2.10. The molecule has 2 aliphatic rings. The molecule has 1 aliphatic heterocycles. The second-order valence-corrected chi connectivity index (χ2v) is 4.52. The molecule has 0 aromatic carbocycles. The number of aromatic nitrogens is 2. The number of nitrogens with two attached hydrogens (primary N) is 1. The molecule has 0 unspecified atom stereocenters. The summed E-state index contributed by atoms with van der Waals surface area (Å²) in [6.45, 7) is 3.23. The maximum atomic E-state index is 5.80. The lowest BCUT2D eigenvalue weighted by Gasteiger charge is -2.27. The number of hydrogen-bond acceptors (Lipinski definition) is 6. The lowest BCUT2D eigenvalue weighted by atomic mass is 10.4. The van der Waals surface area contributed by atoms with Gasteiger partial charge in [0.05, 0.1) is 13.2 Å². The Morgan fingerprint density at radius 1 is 1.29 bits per heavy atom. The van der Waals surface area contributed by atoms with Crippen molar-refractivity contribution in [2.24, 2.45) is 0 Å². The predicted octanol–water partition coefficient (Wildman–Crippen LogP) is 0.595. The van der Waals surface area contributed by atoms with Gasteiger partial charge in [0.15, 0.2) is 0 Å². The van der Waals surface area contributed by atoms with Crippen LogP contribution in [0, 0.1) is 0 Å². The molecular weight excluding hydrogens is 218 g/mol. The Kier molecular flexibility index (Phi) is 2.82. The highest BCUT2D eigenvalue weighted by Crippen LogP contribution is 2.38. The highest BCUT2D eigenvalue weighted by Gasteiger charge is 2.27. The summed E-state index contributed by atoms with van der Waals surface area (Å²) in [6, 6.07) is 1.78. The van der Waals surface area contributed by atoms with Gasteiger partial charge in [-0.1, -0.05) is 0 Å². The first-order chi connectivity index (χ1) is 8.31. The lowest BCUT2D eigenvalue weighted by molar-refractivity contribution is 0.0495. The van der Waals surface area contributed by atoms with Crippen LogP contribution in [0.3, 0.4) is 0 Å². The van der Waals surface area contributed by atoms with Crippen LogP contribution in [0.5, 0.6) is 0 Å². The number of nitrogen functional groups attached to an aromatic ring is 1. The molecule has 0 radical (unpaired) electrons. The van der Waals surface area contributed by atoms with E-state index < -0.39 is 0 Å². The molecule has 3 N–H and O–H groups in total. The fourth-order valence-corrected chi connectivity index (χ4v) is 1.90. The third-order valence-corrected chi connectivity index (χ3v) is 2.99. The summed E-state index contributed by atoms with van der Waals surface area (Å²) in [6.07, 6.45) is 2.36. The van der Waals surface area contributed by atoms with E-state index in [-0.39, 0.29) is 0 Å². The quantitative estimate of drug-likeness (QED) is 0.798. The average molecular weight is 235 g/mol. The Morgan fingerprint density at radius 2 is 2.06 bits per heavy atom. The highest BCUT2D eigenvalue weighted by atomic mass is 16.5. The van der Waals surface area contributed by atoms with Crippen LogP contribution in [0.25, 0.3) is 0 Å². The largest absolute Gasteiger partial charge is 0.384 e. The third kappa shape index (κ3) is 2.65. The zero-order chi connectivity index (χ0) is 11.7. The van der Waals surface area contributed by atoms with Crippen molar-refractivity contribution >= 4 is 11.6 Å². The normalized spacial score (nSPS) is 21.4. The van der Waals surface area contributed by atoms with E-state index >= 15 is 0 Å². The number of anilines is 2. The summed E-state index contributed by atoms with van der Waals surface area (Å²) >= 11 is 0. The Balaban J connectivity index is 1.72. The number of rotatable bonds is 3. The molecule has 1 saturated heterocycles. The fourth-order valence-electron chi connectivity index (χ4n) is 1.90. The van der Waals surface area contributed by atoms with E-state index in [2.05, 4.69) is 20.4 Å². The first-order valence-corrected chi connectivity index (χ1v) is 6.05. The zero-order valence-corrected chi connectivity index (χ0v) is 9.72. The minimum atomic E-state index is 0.517. The first kappa shape index (κ1) is 10.7. The van der Waals surface area contributed by atoms with Gasteiger partial charge in [-0.25, -0.2) is 15.0 Å². The van der Waals surface area contributed by atoms with Crippen molar-refractivity contribution in [2.45, 2.75) is 18.8 Å².